The monoisotopic (exact) mass is 636 g/mol. The van der Waals surface area contributed by atoms with Gasteiger partial charge in [-0.1, -0.05) is 36.4 Å². The number of aromatic nitrogens is 4. The summed E-state index contributed by atoms with van der Waals surface area (Å²) in [4.78, 5) is 45.2. The molecule has 0 aliphatic carbocycles. The van der Waals surface area contributed by atoms with Crippen LogP contribution in [0.1, 0.15) is 20.7 Å². The number of carbonyl (C=O) groups is 2. The molecule has 0 saturated heterocycles. The SMILES string of the molecule is O=C(Nc1ccc(OC(F)(F)C(F)F)c(NC(=O)c2cccc3nc4ccccc4nc23)c1)c1cccc2nc3ccccc3nc12. The van der Waals surface area contributed by atoms with Gasteiger partial charge in [0.05, 0.1) is 49.9 Å². The molecule has 2 amide bonds. The Balaban J connectivity index is 1.24. The van der Waals surface area contributed by atoms with Crippen LogP contribution >= 0.6 is 0 Å². The average molecular weight is 637 g/mol. The molecule has 0 atom stereocenters. The zero-order valence-electron chi connectivity index (χ0n) is 23.9. The third-order valence-corrected chi connectivity index (χ3v) is 7.21. The average Bonchev–Trinajstić information content (AvgIpc) is 3.06. The molecule has 2 heterocycles. The summed E-state index contributed by atoms with van der Waals surface area (Å²) in [5.41, 5.74) is 3.52. The van der Waals surface area contributed by atoms with Crippen LogP contribution in [0.5, 0.6) is 5.75 Å². The van der Waals surface area contributed by atoms with E-state index in [9.17, 15) is 27.2 Å². The third kappa shape index (κ3) is 5.70. The summed E-state index contributed by atoms with van der Waals surface area (Å²) >= 11 is 0. The van der Waals surface area contributed by atoms with E-state index in [0.717, 1.165) is 12.1 Å². The van der Waals surface area contributed by atoms with Gasteiger partial charge in [0, 0.05) is 5.69 Å². The largest absolute Gasteiger partial charge is 0.461 e. The van der Waals surface area contributed by atoms with Gasteiger partial charge in [-0.3, -0.25) is 9.59 Å². The first-order chi connectivity index (χ1) is 22.7. The van der Waals surface area contributed by atoms with Crippen LogP contribution in [0.2, 0.25) is 0 Å². The maximum Gasteiger partial charge on any atom is 0.461 e. The number of halogens is 4. The lowest BCUT2D eigenvalue weighted by Crippen LogP contribution is -2.33. The van der Waals surface area contributed by atoms with Crippen molar-refractivity contribution in [1.82, 2.24) is 19.9 Å². The molecule has 2 N–H and O–H groups in total. The molecule has 0 radical (unpaired) electrons. The lowest BCUT2D eigenvalue weighted by atomic mass is 10.1. The van der Waals surface area contributed by atoms with Gasteiger partial charge >= 0.3 is 12.5 Å². The molecule has 9 nitrogen and oxygen atoms in total. The molecule has 5 aromatic carbocycles. The summed E-state index contributed by atoms with van der Waals surface area (Å²) in [5.74, 6) is -2.20. The van der Waals surface area contributed by atoms with Gasteiger partial charge in [0.1, 0.15) is 16.8 Å². The number of rotatable bonds is 7. The fraction of sp³-hybridized carbons (Fsp3) is 0.0588. The maximum atomic E-state index is 14.0. The minimum absolute atomic E-state index is 0.0308. The molecule has 0 fully saturated rings. The van der Waals surface area contributed by atoms with Crippen molar-refractivity contribution in [3.63, 3.8) is 0 Å². The number of anilines is 2. The minimum atomic E-state index is -4.88. The van der Waals surface area contributed by atoms with Crippen LogP contribution in [0, 0.1) is 0 Å². The van der Waals surface area contributed by atoms with E-state index in [0.29, 0.717) is 38.6 Å². The second-order valence-electron chi connectivity index (χ2n) is 10.4. The highest BCUT2D eigenvalue weighted by Crippen LogP contribution is 2.35. The number of nitrogens with zero attached hydrogens (tertiary/aromatic N) is 4. The van der Waals surface area contributed by atoms with E-state index < -0.39 is 35.8 Å². The topological polar surface area (TPSA) is 119 Å². The maximum absolute atomic E-state index is 14.0. The fourth-order valence-electron chi connectivity index (χ4n) is 5.03. The molecule has 13 heteroatoms. The summed E-state index contributed by atoms with van der Waals surface area (Å²) in [6, 6.07) is 26.9. The van der Waals surface area contributed by atoms with Crippen LogP contribution < -0.4 is 15.4 Å². The number of ether oxygens (including phenoxy) is 1. The van der Waals surface area contributed by atoms with E-state index in [-0.39, 0.29) is 22.3 Å². The molecule has 0 saturated carbocycles. The summed E-state index contributed by atoms with van der Waals surface area (Å²) in [6.45, 7) is 0. The highest BCUT2D eigenvalue weighted by molar-refractivity contribution is 6.14. The highest BCUT2D eigenvalue weighted by atomic mass is 19.3. The normalized spacial score (nSPS) is 11.8. The van der Waals surface area contributed by atoms with Gasteiger partial charge < -0.3 is 15.4 Å². The van der Waals surface area contributed by atoms with Crippen molar-refractivity contribution >= 4 is 67.3 Å². The number of amides is 2. The van der Waals surface area contributed by atoms with Crippen molar-refractivity contribution in [3.05, 3.63) is 114 Å². The molecular weight excluding hydrogens is 616 g/mol. The van der Waals surface area contributed by atoms with Crippen molar-refractivity contribution < 1.29 is 31.9 Å². The second-order valence-corrected chi connectivity index (χ2v) is 10.4. The molecule has 47 heavy (non-hydrogen) atoms. The quantitative estimate of drug-likeness (QED) is 0.136. The number of para-hydroxylation sites is 6. The zero-order valence-corrected chi connectivity index (χ0v) is 23.9. The zero-order chi connectivity index (χ0) is 32.7. The number of hydrogen-bond donors (Lipinski definition) is 2. The van der Waals surface area contributed by atoms with Crippen LogP contribution in [0.3, 0.4) is 0 Å². The fourth-order valence-corrected chi connectivity index (χ4v) is 5.03. The standard InChI is InChI=1S/C34H20F4N6O3/c35-33(36)34(37,38)47-28-16-15-18(39-31(45)19-7-5-13-25-29(19)42-23-11-3-1-9-21(23)40-25)17-27(28)44-32(46)20-8-6-14-26-30(20)43-24-12-4-2-10-22(24)41-26/h1-17,33H,(H,39,45)(H,44,46). The van der Waals surface area contributed by atoms with Crippen LogP contribution in [0.25, 0.3) is 44.1 Å². The number of nitrogens with one attached hydrogen (secondary N) is 2. The van der Waals surface area contributed by atoms with Crippen LogP contribution in [0.4, 0.5) is 28.9 Å². The van der Waals surface area contributed by atoms with Crippen molar-refractivity contribution in [2.75, 3.05) is 10.6 Å². The number of alkyl halides is 4. The first-order valence-corrected chi connectivity index (χ1v) is 14.1. The van der Waals surface area contributed by atoms with Crippen LogP contribution in [-0.2, 0) is 0 Å². The van der Waals surface area contributed by atoms with Crippen LogP contribution in [0.15, 0.2) is 103 Å². The number of carbonyl (C=O) groups excluding carboxylic acids is 2. The Kier molecular flexibility index (Phi) is 7.27. The van der Waals surface area contributed by atoms with E-state index >= 15 is 0 Å². The van der Waals surface area contributed by atoms with Crippen molar-refractivity contribution in [2.24, 2.45) is 0 Å². The smallest absolute Gasteiger partial charge is 0.426 e. The molecule has 7 aromatic rings. The lowest BCUT2D eigenvalue weighted by Gasteiger charge is -2.20. The van der Waals surface area contributed by atoms with Gasteiger partial charge in [-0.05, 0) is 66.7 Å². The molecule has 0 aliphatic rings. The molecule has 0 bridgehead atoms. The summed E-state index contributed by atoms with van der Waals surface area (Å²) < 4.78 is 58.6. The van der Waals surface area contributed by atoms with Gasteiger partial charge in [0.2, 0.25) is 0 Å². The Morgan fingerprint density at radius 1 is 0.596 bits per heavy atom. The lowest BCUT2D eigenvalue weighted by molar-refractivity contribution is -0.252. The molecule has 7 rings (SSSR count). The summed E-state index contributed by atoms with van der Waals surface area (Å²) in [7, 11) is 0. The molecule has 232 valence electrons. The summed E-state index contributed by atoms with van der Waals surface area (Å²) in [6.07, 6.45) is -9.03. The third-order valence-electron chi connectivity index (χ3n) is 7.21. The number of hydrogen-bond acceptors (Lipinski definition) is 7. The van der Waals surface area contributed by atoms with E-state index in [1.54, 1.807) is 66.7 Å². The Morgan fingerprint density at radius 3 is 1.57 bits per heavy atom. The van der Waals surface area contributed by atoms with Gasteiger partial charge in [0.15, 0.2) is 0 Å². The summed E-state index contributed by atoms with van der Waals surface area (Å²) in [5, 5.41) is 5.09. The van der Waals surface area contributed by atoms with E-state index in [2.05, 4.69) is 35.3 Å². The van der Waals surface area contributed by atoms with Gasteiger partial charge in [0.25, 0.3) is 11.8 Å². The first kappa shape index (κ1) is 29.5. The molecule has 2 aromatic heterocycles. The number of benzene rings is 5. The molecule has 0 unspecified atom stereocenters. The second kappa shape index (κ2) is 11.6. The van der Waals surface area contributed by atoms with Crippen molar-refractivity contribution in [2.45, 2.75) is 12.5 Å². The minimum Gasteiger partial charge on any atom is -0.426 e. The number of fused-ring (bicyclic) bond motifs is 4. The molecular formula is C34H20F4N6O3. The van der Waals surface area contributed by atoms with Crippen molar-refractivity contribution in [3.8, 4) is 5.75 Å². The molecule has 0 spiro atoms. The molecule has 0 aliphatic heterocycles. The highest BCUT2D eigenvalue weighted by Gasteiger charge is 2.44. The van der Waals surface area contributed by atoms with E-state index in [1.807, 2.05) is 6.07 Å². The Labute approximate surface area is 262 Å². The first-order valence-electron chi connectivity index (χ1n) is 14.1. The van der Waals surface area contributed by atoms with E-state index in [4.69, 9.17) is 0 Å². The Hall–Kier alpha value is -6.24. The predicted molar refractivity (Wildman–Crippen MR) is 168 cm³/mol. The Bertz CT molecular complexity index is 2370. The van der Waals surface area contributed by atoms with Gasteiger partial charge in [-0.25, -0.2) is 19.9 Å². The Morgan fingerprint density at radius 2 is 1.06 bits per heavy atom. The van der Waals surface area contributed by atoms with Crippen LogP contribution in [-0.4, -0.2) is 44.3 Å². The predicted octanol–water partition coefficient (Wildman–Crippen LogP) is 7.62. The van der Waals surface area contributed by atoms with Crippen molar-refractivity contribution in [1.29, 1.82) is 0 Å². The van der Waals surface area contributed by atoms with Gasteiger partial charge in [-0.2, -0.15) is 17.6 Å². The van der Waals surface area contributed by atoms with E-state index in [1.165, 1.54) is 18.2 Å². The van der Waals surface area contributed by atoms with Gasteiger partial charge in [-0.15, -0.1) is 0 Å².